The number of carbonyl (C=O) groups excluding carboxylic acids is 1. The van der Waals surface area contributed by atoms with Crippen LogP contribution in [0.25, 0.3) is 0 Å². The molecule has 0 bridgehead atoms. The predicted molar refractivity (Wildman–Crippen MR) is 128 cm³/mol. The molecule has 0 spiro atoms. The molecule has 7 heteroatoms. The van der Waals surface area contributed by atoms with E-state index in [0.717, 1.165) is 36.8 Å². The Morgan fingerprint density at radius 3 is 2.19 bits per heavy atom. The van der Waals surface area contributed by atoms with E-state index < -0.39 is 16.1 Å². The Hall–Kier alpha value is -2.38. The Kier molecular flexibility index (Phi) is 7.96. The Bertz CT molecular complexity index is 1020. The van der Waals surface area contributed by atoms with Gasteiger partial charge in [-0.05, 0) is 74.1 Å². The van der Waals surface area contributed by atoms with Gasteiger partial charge in [-0.15, -0.1) is 0 Å². The van der Waals surface area contributed by atoms with Gasteiger partial charge in [-0.3, -0.25) is 4.79 Å². The monoisotopic (exact) mass is 458 g/mol. The molecule has 1 fully saturated rings. The molecule has 1 aliphatic rings. The van der Waals surface area contributed by atoms with Crippen LogP contribution >= 0.6 is 0 Å². The molecule has 174 valence electrons. The smallest absolute Gasteiger partial charge is 0.265 e. The number of hydrogen-bond donors (Lipinski definition) is 1. The summed E-state index contributed by atoms with van der Waals surface area (Å²) in [6, 6.07) is 12.4. The van der Waals surface area contributed by atoms with Crippen molar-refractivity contribution in [3.05, 3.63) is 53.6 Å². The largest absolute Gasteiger partial charge is 0.481 e. The standard InChI is InChI=1S/C25H34N2O4S/c1-18(2)23-14-9-19(3)17-24(23)31-20(4)25(28)26-21-10-12-22(13-11-21)32(29,30)27-15-7-5-6-8-16-27/h9-14,17-18,20H,5-8,15-16H2,1-4H3,(H,26,28)/t20-/m1/s1. The van der Waals surface area contributed by atoms with E-state index in [1.165, 1.54) is 0 Å². The number of nitrogens with zero attached hydrogens (tertiary/aromatic N) is 1. The van der Waals surface area contributed by atoms with E-state index in [4.69, 9.17) is 4.74 Å². The summed E-state index contributed by atoms with van der Waals surface area (Å²) in [7, 11) is -3.51. The number of nitrogens with one attached hydrogen (secondary N) is 1. The molecule has 0 saturated carbocycles. The first kappa shape index (κ1) is 24.3. The summed E-state index contributed by atoms with van der Waals surface area (Å²) in [5.41, 5.74) is 2.66. The van der Waals surface area contributed by atoms with Crippen LogP contribution in [0.5, 0.6) is 5.75 Å². The number of amides is 1. The number of carbonyl (C=O) groups is 1. The van der Waals surface area contributed by atoms with Crippen molar-refractivity contribution in [2.24, 2.45) is 0 Å². The highest BCUT2D eigenvalue weighted by molar-refractivity contribution is 7.89. The number of anilines is 1. The van der Waals surface area contributed by atoms with Gasteiger partial charge in [0, 0.05) is 18.8 Å². The molecule has 0 aliphatic carbocycles. The van der Waals surface area contributed by atoms with Crippen molar-refractivity contribution in [3.8, 4) is 5.75 Å². The highest BCUT2D eigenvalue weighted by Gasteiger charge is 2.25. The molecule has 1 atom stereocenters. The van der Waals surface area contributed by atoms with Crippen molar-refractivity contribution in [2.75, 3.05) is 18.4 Å². The van der Waals surface area contributed by atoms with Crippen LogP contribution in [-0.2, 0) is 14.8 Å². The molecule has 1 aliphatic heterocycles. The molecule has 1 amide bonds. The molecular weight excluding hydrogens is 424 g/mol. The van der Waals surface area contributed by atoms with E-state index in [0.29, 0.717) is 24.5 Å². The van der Waals surface area contributed by atoms with Gasteiger partial charge in [0.25, 0.3) is 5.91 Å². The Morgan fingerprint density at radius 2 is 1.59 bits per heavy atom. The van der Waals surface area contributed by atoms with Gasteiger partial charge < -0.3 is 10.1 Å². The lowest BCUT2D eigenvalue weighted by atomic mass is 10.0. The van der Waals surface area contributed by atoms with Crippen molar-refractivity contribution >= 4 is 21.6 Å². The van der Waals surface area contributed by atoms with Crippen molar-refractivity contribution in [1.29, 1.82) is 0 Å². The number of benzene rings is 2. The lowest BCUT2D eigenvalue weighted by Gasteiger charge is -2.20. The van der Waals surface area contributed by atoms with E-state index in [1.807, 2.05) is 25.1 Å². The van der Waals surface area contributed by atoms with Gasteiger partial charge in [0.05, 0.1) is 4.90 Å². The van der Waals surface area contributed by atoms with Gasteiger partial charge in [0.15, 0.2) is 6.10 Å². The Balaban J connectivity index is 1.66. The summed E-state index contributed by atoms with van der Waals surface area (Å²) in [6.07, 6.45) is 3.22. The predicted octanol–water partition coefficient (Wildman–Crippen LogP) is 5.09. The third-order valence-electron chi connectivity index (χ3n) is 5.79. The lowest BCUT2D eigenvalue weighted by Crippen LogP contribution is -2.32. The van der Waals surface area contributed by atoms with Crippen LogP contribution in [0.3, 0.4) is 0 Å². The third-order valence-corrected chi connectivity index (χ3v) is 7.70. The van der Waals surface area contributed by atoms with Gasteiger partial charge in [-0.25, -0.2) is 8.42 Å². The van der Waals surface area contributed by atoms with Crippen molar-refractivity contribution in [3.63, 3.8) is 0 Å². The molecule has 32 heavy (non-hydrogen) atoms. The SMILES string of the molecule is Cc1ccc(C(C)C)c(O[C@H](C)C(=O)Nc2ccc(S(=O)(=O)N3CCCCCC3)cc2)c1. The fourth-order valence-electron chi connectivity index (χ4n) is 3.85. The first-order valence-corrected chi connectivity index (χ1v) is 12.8. The summed E-state index contributed by atoms with van der Waals surface area (Å²) in [5, 5.41) is 2.82. The first-order valence-electron chi connectivity index (χ1n) is 11.4. The van der Waals surface area contributed by atoms with Crippen LogP contribution in [-0.4, -0.2) is 37.8 Å². The zero-order valence-electron chi connectivity index (χ0n) is 19.4. The molecule has 1 saturated heterocycles. The summed E-state index contributed by atoms with van der Waals surface area (Å²) in [6.45, 7) is 9.00. The summed E-state index contributed by atoms with van der Waals surface area (Å²) in [4.78, 5) is 12.9. The second-order valence-electron chi connectivity index (χ2n) is 8.79. The van der Waals surface area contributed by atoms with E-state index >= 15 is 0 Å². The van der Waals surface area contributed by atoms with Crippen molar-refractivity contribution in [1.82, 2.24) is 4.31 Å². The minimum atomic E-state index is -3.51. The molecule has 6 nitrogen and oxygen atoms in total. The molecule has 0 unspecified atom stereocenters. The fraction of sp³-hybridized carbons (Fsp3) is 0.480. The van der Waals surface area contributed by atoms with Crippen LogP contribution in [0.2, 0.25) is 0 Å². The zero-order chi connectivity index (χ0) is 23.3. The maximum absolute atomic E-state index is 12.9. The Morgan fingerprint density at radius 1 is 0.969 bits per heavy atom. The highest BCUT2D eigenvalue weighted by Crippen LogP contribution is 2.28. The van der Waals surface area contributed by atoms with Gasteiger partial charge in [-0.1, -0.05) is 38.8 Å². The topological polar surface area (TPSA) is 75.7 Å². The number of rotatable bonds is 7. The molecule has 0 aromatic heterocycles. The molecular formula is C25H34N2O4S. The van der Waals surface area contributed by atoms with E-state index in [2.05, 4.69) is 19.2 Å². The summed E-state index contributed by atoms with van der Waals surface area (Å²) in [5.74, 6) is 0.699. The third kappa shape index (κ3) is 5.90. The minimum Gasteiger partial charge on any atom is -0.481 e. The maximum atomic E-state index is 12.9. The van der Waals surface area contributed by atoms with E-state index in [9.17, 15) is 13.2 Å². The molecule has 0 radical (unpaired) electrons. The van der Waals surface area contributed by atoms with Gasteiger partial charge >= 0.3 is 0 Å². The lowest BCUT2D eigenvalue weighted by molar-refractivity contribution is -0.122. The number of aryl methyl sites for hydroxylation is 1. The van der Waals surface area contributed by atoms with Crippen LogP contribution < -0.4 is 10.1 Å². The fourth-order valence-corrected chi connectivity index (χ4v) is 5.37. The normalized spacial score (nSPS) is 16.4. The highest BCUT2D eigenvalue weighted by atomic mass is 32.2. The molecule has 1 heterocycles. The first-order chi connectivity index (χ1) is 15.2. The minimum absolute atomic E-state index is 0.253. The summed E-state index contributed by atoms with van der Waals surface area (Å²) < 4.78 is 33.4. The van der Waals surface area contributed by atoms with Crippen LogP contribution in [0.4, 0.5) is 5.69 Å². The van der Waals surface area contributed by atoms with Gasteiger partial charge in [0.2, 0.25) is 10.0 Å². The maximum Gasteiger partial charge on any atom is 0.265 e. The number of sulfonamides is 1. The number of ether oxygens (including phenoxy) is 1. The quantitative estimate of drug-likeness (QED) is 0.627. The van der Waals surface area contributed by atoms with Crippen LogP contribution in [0, 0.1) is 6.92 Å². The second-order valence-corrected chi connectivity index (χ2v) is 10.7. The van der Waals surface area contributed by atoms with Crippen molar-refractivity contribution < 1.29 is 17.9 Å². The van der Waals surface area contributed by atoms with E-state index in [-0.39, 0.29) is 16.7 Å². The van der Waals surface area contributed by atoms with Crippen LogP contribution in [0.1, 0.15) is 63.5 Å². The zero-order valence-corrected chi connectivity index (χ0v) is 20.2. The molecule has 1 N–H and O–H groups in total. The van der Waals surface area contributed by atoms with Gasteiger partial charge in [0.1, 0.15) is 5.75 Å². The average Bonchev–Trinajstić information content (AvgIpc) is 3.04. The Labute approximate surface area is 192 Å². The summed E-state index contributed by atoms with van der Waals surface area (Å²) >= 11 is 0. The molecule has 2 aromatic rings. The molecule has 3 rings (SSSR count). The molecule has 2 aromatic carbocycles. The van der Waals surface area contributed by atoms with Crippen molar-refractivity contribution in [2.45, 2.75) is 70.3 Å². The van der Waals surface area contributed by atoms with E-state index in [1.54, 1.807) is 35.5 Å². The van der Waals surface area contributed by atoms with Crippen LogP contribution in [0.15, 0.2) is 47.4 Å². The van der Waals surface area contributed by atoms with Gasteiger partial charge in [-0.2, -0.15) is 4.31 Å². The average molecular weight is 459 g/mol. The number of hydrogen-bond acceptors (Lipinski definition) is 4. The second kappa shape index (κ2) is 10.5.